The van der Waals surface area contributed by atoms with Gasteiger partial charge in [-0.1, -0.05) is 18.2 Å². The highest BCUT2D eigenvalue weighted by atomic mass is 19.1. The van der Waals surface area contributed by atoms with Crippen LogP contribution in [0.4, 0.5) is 15.8 Å². The monoisotopic (exact) mass is 286 g/mol. The van der Waals surface area contributed by atoms with Gasteiger partial charge in [0.25, 0.3) is 0 Å². The molecule has 0 aromatic heterocycles. The summed E-state index contributed by atoms with van der Waals surface area (Å²) in [6.07, 6.45) is 0. The van der Waals surface area contributed by atoms with E-state index < -0.39 is 5.41 Å². The minimum absolute atomic E-state index is 0.199. The number of anilines is 2. The number of hydrogen-bond donors (Lipinski definition) is 2. The van der Waals surface area contributed by atoms with Gasteiger partial charge in [0.2, 0.25) is 5.91 Å². The normalized spacial score (nSPS) is 11.2. The van der Waals surface area contributed by atoms with Gasteiger partial charge in [-0.05, 0) is 56.2 Å². The third kappa shape index (κ3) is 3.21. The fraction of sp³-hybridized carbons (Fsp3) is 0.235. The highest BCUT2D eigenvalue weighted by Crippen LogP contribution is 2.26. The third-order valence-electron chi connectivity index (χ3n) is 3.63. The predicted molar refractivity (Wildman–Crippen MR) is 83.6 cm³/mol. The molecule has 0 spiro atoms. The second kappa shape index (κ2) is 5.56. The number of aryl methyl sites for hydroxylation is 1. The maximum absolute atomic E-state index is 13.5. The molecular formula is C17H19FN2O. The number of benzene rings is 2. The number of amides is 1. The molecule has 110 valence electrons. The van der Waals surface area contributed by atoms with E-state index in [0.717, 1.165) is 5.56 Å². The summed E-state index contributed by atoms with van der Waals surface area (Å²) in [5.74, 6) is -0.534. The van der Waals surface area contributed by atoms with Gasteiger partial charge >= 0.3 is 0 Å². The van der Waals surface area contributed by atoms with Crippen molar-refractivity contribution in [1.82, 2.24) is 0 Å². The summed E-state index contributed by atoms with van der Waals surface area (Å²) in [6.45, 7) is 5.32. The largest absolute Gasteiger partial charge is 0.399 e. The first-order valence-electron chi connectivity index (χ1n) is 6.74. The van der Waals surface area contributed by atoms with Gasteiger partial charge in [0.05, 0.1) is 5.41 Å². The summed E-state index contributed by atoms with van der Waals surface area (Å²) in [5, 5.41) is 2.75. The molecule has 0 atom stereocenters. The smallest absolute Gasteiger partial charge is 0.234 e. The molecule has 2 aromatic carbocycles. The summed E-state index contributed by atoms with van der Waals surface area (Å²) >= 11 is 0. The van der Waals surface area contributed by atoms with Crippen molar-refractivity contribution in [1.29, 1.82) is 0 Å². The van der Waals surface area contributed by atoms with Gasteiger partial charge in [0.1, 0.15) is 5.82 Å². The molecule has 0 aliphatic heterocycles. The highest BCUT2D eigenvalue weighted by Gasteiger charge is 2.29. The van der Waals surface area contributed by atoms with Crippen molar-refractivity contribution >= 4 is 17.3 Å². The van der Waals surface area contributed by atoms with Crippen molar-refractivity contribution < 1.29 is 9.18 Å². The van der Waals surface area contributed by atoms with E-state index in [1.807, 2.05) is 26.0 Å². The zero-order chi connectivity index (χ0) is 15.6. The van der Waals surface area contributed by atoms with E-state index in [1.165, 1.54) is 6.07 Å². The summed E-state index contributed by atoms with van der Waals surface area (Å²) in [7, 11) is 0. The number of nitrogens with one attached hydrogen (secondary N) is 1. The van der Waals surface area contributed by atoms with Crippen LogP contribution in [0, 0.1) is 12.7 Å². The summed E-state index contributed by atoms with van der Waals surface area (Å²) in [5.41, 5.74) is 7.41. The average Bonchev–Trinajstić information content (AvgIpc) is 2.43. The summed E-state index contributed by atoms with van der Waals surface area (Å²) < 4.78 is 13.5. The van der Waals surface area contributed by atoms with Gasteiger partial charge in [-0.2, -0.15) is 0 Å². The molecule has 2 aromatic rings. The summed E-state index contributed by atoms with van der Waals surface area (Å²) in [4.78, 5) is 12.5. The quantitative estimate of drug-likeness (QED) is 0.846. The lowest BCUT2D eigenvalue weighted by molar-refractivity contribution is -0.120. The molecule has 0 saturated heterocycles. The number of halogens is 1. The first-order valence-corrected chi connectivity index (χ1v) is 6.74. The van der Waals surface area contributed by atoms with Crippen LogP contribution in [-0.2, 0) is 10.2 Å². The molecule has 1 amide bonds. The van der Waals surface area contributed by atoms with E-state index >= 15 is 0 Å². The molecule has 0 aliphatic rings. The lowest BCUT2D eigenvalue weighted by Gasteiger charge is -2.24. The molecule has 3 N–H and O–H groups in total. The van der Waals surface area contributed by atoms with Crippen molar-refractivity contribution in [3.05, 3.63) is 59.4 Å². The van der Waals surface area contributed by atoms with E-state index in [-0.39, 0.29) is 11.7 Å². The lowest BCUT2D eigenvalue weighted by atomic mass is 9.83. The first-order chi connectivity index (χ1) is 9.80. The predicted octanol–water partition coefficient (Wildman–Crippen LogP) is 3.63. The Morgan fingerprint density at radius 1 is 1.14 bits per heavy atom. The molecule has 0 bridgehead atoms. The standard InChI is InChI=1S/C17H19FN2O/c1-11-4-9-14(10-15(11)18)20-16(21)17(2,3)12-5-7-13(19)8-6-12/h4-10H,19H2,1-3H3,(H,20,21). The van der Waals surface area contributed by atoms with Crippen molar-refractivity contribution in [3.63, 3.8) is 0 Å². The van der Waals surface area contributed by atoms with Gasteiger partial charge in [-0.15, -0.1) is 0 Å². The van der Waals surface area contributed by atoms with E-state index in [4.69, 9.17) is 5.73 Å². The van der Waals surface area contributed by atoms with Crippen LogP contribution < -0.4 is 11.1 Å². The molecule has 3 nitrogen and oxygen atoms in total. The average molecular weight is 286 g/mol. The Kier molecular flexibility index (Phi) is 3.98. The molecule has 2 rings (SSSR count). The zero-order valence-electron chi connectivity index (χ0n) is 12.4. The van der Waals surface area contributed by atoms with Crippen LogP contribution >= 0.6 is 0 Å². The molecule has 0 radical (unpaired) electrons. The van der Waals surface area contributed by atoms with Crippen molar-refractivity contribution in [3.8, 4) is 0 Å². The van der Waals surface area contributed by atoms with Crippen molar-refractivity contribution in [2.24, 2.45) is 0 Å². The third-order valence-corrected chi connectivity index (χ3v) is 3.63. The number of nitrogen functional groups attached to an aromatic ring is 1. The van der Waals surface area contributed by atoms with Crippen LogP contribution in [0.15, 0.2) is 42.5 Å². The van der Waals surface area contributed by atoms with Gasteiger partial charge in [-0.25, -0.2) is 4.39 Å². The molecule has 0 unspecified atom stereocenters. The van der Waals surface area contributed by atoms with Gasteiger partial charge in [0.15, 0.2) is 0 Å². The van der Waals surface area contributed by atoms with Gasteiger partial charge < -0.3 is 11.1 Å². The Hall–Kier alpha value is -2.36. The van der Waals surface area contributed by atoms with Crippen LogP contribution in [0.5, 0.6) is 0 Å². The Bertz CT molecular complexity index is 663. The number of nitrogens with two attached hydrogens (primary N) is 1. The fourth-order valence-electron chi connectivity index (χ4n) is 1.99. The molecule has 0 saturated carbocycles. The highest BCUT2D eigenvalue weighted by molar-refractivity contribution is 5.98. The van der Waals surface area contributed by atoms with Crippen molar-refractivity contribution in [2.75, 3.05) is 11.1 Å². The van der Waals surface area contributed by atoms with Gasteiger partial charge in [0, 0.05) is 11.4 Å². The molecular weight excluding hydrogens is 267 g/mol. The molecule has 0 fully saturated rings. The SMILES string of the molecule is Cc1ccc(NC(=O)C(C)(C)c2ccc(N)cc2)cc1F. The molecule has 21 heavy (non-hydrogen) atoms. The van der Waals surface area contributed by atoms with Crippen LogP contribution in [-0.4, -0.2) is 5.91 Å². The number of carbonyl (C=O) groups excluding carboxylic acids is 1. The van der Waals surface area contributed by atoms with E-state index in [2.05, 4.69) is 5.32 Å². The van der Waals surface area contributed by atoms with Crippen LogP contribution in [0.25, 0.3) is 0 Å². The number of hydrogen-bond acceptors (Lipinski definition) is 2. The van der Waals surface area contributed by atoms with E-state index in [9.17, 15) is 9.18 Å². The Morgan fingerprint density at radius 2 is 1.76 bits per heavy atom. The minimum Gasteiger partial charge on any atom is -0.399 e. The van der Waals surface area contributed by atoms with E-state index in [1.54, 1.807) is 31.2 Å². The molecule has 0 aliphatic carbocycles. The van der Waals surface area contributed by atoms with Crippen molar-refractivity contribution in [2.45, 2.75) is 26.2 Å². The topological polar surface area (TPSA) is 55.1 Å². The van der Waals surface area contributed by atoms with Gasteiger partial charge in [-0.3, -0.25) is 4.79 Å². The van der Waals surface area contributed by atoms with Crippen LogP contribution in [0.2, 0.25) is 0 Å². The zero-order valence-corrected chi connectivity index (χ0v) is 12.4. The molecule has 4 heteroatoms. The first kappa shape index (κ1) is 15.0. The van der Waals surface area contributed by atoms with E-state index in [0.29, 0.717) is 16.9 Å². The minimum atomic E-state index is -0.741. The number of carbonyl (C=O) groups is 1. The second-order valence-electron chi connectivity index (χ2n) is 5.67. The van der Waals surface area contributed by atoms with Crippen LogP contribution in [0.3, 0.4) is 0 Å². The Balaban J connectivity index is 2.21. The maximum atomic E-state index is 13.5. The maximum Gasteiger partial charge on any atom is 0.234 e. The lowest BCUT2D eigenvalue weighted by Crippen LogP contribution is -2.34. The number of rotatable bonds is 3. The fourth-order valence-corrected chi connectivity index (χ4v) is 1.99. The Labute approximate surface area is 124 Å². The summed E-state index contributed by atoms with van der Waals surface area (Å²) in [6, 6.07) is 11.8. The Morgan fingerprint density at radius 3 is 2.33 bits per heavy atom. The molecule has 0 heterocycles. The second-order valence-corrected chi connectivity index (χ2v) is 5.67. The van der Waals surface area contributed by atoms with Crippen LogP contribution in [0.1, 0.15) is 25.0 Å².